The van der Waals surface area contributed by atoms with Crippen LogP contribution in [0.1, 0.15) is 16.7 Å². The molecule has 0 atom stereocenters. The number of aryl methyl sites for hydroxylation is 2. The SMILES string of the molecule is Cc1cc(C)c(C)c(OC(F)(F)F)c1. The van der Waals surface area contributed by atoms with E-state index in [1.165, 1.54) is 6.07 Å². The lowest BCUT2D eigenvalue weighted by Gasteiger charge is -2.13. The van der Waals surface area contributed by atoms with Crippen LogP contribution in [0.5, 0.6) is 5.75 Å². The molecule has 1 nitrogen and oxygen atoms in total. The first-order valence-electron chi connectivity index (χ1n) is 4.13. The number of halogens is 3. The van der Waals surface area contributed by atoms with Gasteiger partial charge < -0.3 is 4.74 Å². The number of rotatable bonds is 1. The van der Waals surface area contributed by atoms with E-state index in [2.05, 4.69) is 4.74 Å². The lowest BCUT2D eigenvalue weighted by Crippen LogP contribution is -2.18. The molecule has 0 aromatic heterocycles. The summed E-state index contributed by atoms with van der Waals surface area (Å²) in [6.45, 7) is 5.09. The van der Waals surface area contributed by atoms with Crippen molar-refractivity contribution in [2.24, 2.45) is 0 Å². The van der Waals surface area contributed by atoms with Crippen LogP contribution in [0.4, 0.5) is 13.2 Å². The van der Waals surface area contributed by atoms with Crippen molar-refractivity contribution in [2.75, 3.05) is 0 Å². The topological polar surface area (TPSA) is 9.23 Å². The van der Waals surface area contributed by atoms with Crippen LogP contribution in [-0.2, 0) is 0 Å². The maximum absolute atomic E-state index is 12.0. The molecule has 0 unspecified atom stereocenters. The van der Waals surface area contributed by atoms with Crippen LogP contribution in [0.25, 0.3) is 0 Å². The van der Waals surface area contributed by atoms with E-state index >= 15 is 0 Å². The Morgan fingerprint density at radius 1 is 1.07 bits per heavy atom. The molecule has 1 aromatic carbocycles. The second-order valence-electron chi connectivity index (χ2n) is 3.25. The summed E-state index contributed by atoms with van der Waals surface area (Å²) in [5, 5.41) is 0. The predicted molar refractivity (Wildman–Crippen MR) is 47.3 cm³/mol. The Hall–Kier alpha value is -1.19. The quantitative estimate of drug-likeness (QED) is 0.680. The van der Waals surface area contributed by atoms with Crippen LogP contribution in [0.2, 0.25) is 0 Å². The Bertz CT molecular complexity index is 342. The van der Waals surface area contributed by atoms with Gasteiger partial charge in [0.2, 0.25) is 0 Å². The molecule has 0 fully saturated rings. The van der Waals surface area contributed by atoms with E-state index in [4.69, 9.17) is 0 Å². The average molecular weight is 204 g/mol. The lowest BCUT2D eigenvalue weighted by molar-refractivity contribution is -0.274. The molecule has 0 spiro atoms. The van der Waals surface area contributed by atoms with Gasteiger partial charge in [-0.2, -0.15) is 0 Å². The molecule has 0 aliphatic heterocycles. The lowest BCUT2D eigenvalue weighted by atomic mass is 10.1. The van der Waals surface area contributed by atoms with Crippen LogP contribution in [-0.4, -0.2) is 6.36 Å². The van der Waals surface area contributed by atoms with Crippen molar-refractivity contribution >= 4 is 0 Å². The average Bonchev–Trinajstić information content (AvgIpc) is 1.96. The molecule has 0 saturated carbocycles. The molecular formula is C10H11F3O. The van der Waals surface area contributed by atoms with Gasteiger partial charge in [-0.15, -0.1) is 13.2 Å². The zero-order valence-electron chi connectivity index (χ0n) is 8.20. The van der Waals surface area contributed by atoms with Crippen LogP contribution in [0.3, 0.4) is 0 Å². The summed E-state index contributed by atoms with van der Waals surface area (Å²) in [6.07, 6.45) is -4.62. The van der Waals surface area contributed by atoms with Gasteiger partial charge in [0.15, 0.2) is 0 Å². The molecule has 14 heavy (non-hydrogen) atoms. The number of hydrogen-bond acceptors (Lipinski definition) is 1. The van der Waals surface area contributed by atoms with Gasteiger partial charge in [-0.3, -0.25) is 0 Å². The molecule has 0 radical (unpaired) electrons. The largest absolute Gasteiger partial charge is 0.573 e. The van der Waals surface area contributed by atoms with Gasteiger partial charge in [0, 0.05) is 0 Å². The Kier molecular flexibility index (Phi) is 2.73. The standard InChI is InChI=1S/C10H11F3O/c1-6-4-7(2)8(3)9(5-6)14-10(11,12)13/h4-5H,1-3H3. The highest BCUT2D eigenvalue weighted by molar-refractivity contribution is 5.41. The third-order valence-electron chi connectivity index (χ3n) is 1.99. The minimum absolute atomic E-state index is 0.116. The van der Waals surface area contributed by atoms with Crippen LogP contribution < -0.4 is 4.74 Å². The van der Waals surface area contributed by atoms with Crippen molar-refractivity contribution in [3.63, 3.8) is 0 Å². The monoisotopic (exact) mass is 204 g/mol. The molecule has 1 aromatic rings. The summed E-state index contributed by atoms with van der Waals surface area (Å²) in [7, 11) is 0. The van der Waals surface area contributed by atoms with E-state index in [1.807, 2.05) is 6.07 Å². The highest BCUT2D eigenvalue weighted by Gasteiger charge is 2.31. The summed E-state index contributed by atoms with van der Waals surface area (Å²) in [5.41, 5.74) is 2.07. The molecule has 0 aliphatic carbocycles. The first-order chi connectivity index (χ1) is 6.29. The molecule has 4 heteroatoms. The fourth-order valence-electron chi connectivity index (χ4n) is 1.23. The number of benzene rings is 1. The Morgan fingerprint density at radius 3 is 2.14 bits per heavy atom. The molecule has 0 saturated heterocycles. The van der Waals surface area contributed by atoms with Gasteiger partial charge in [-0.1, -0.05) is 6.07 Å². The fraction of sp³-hybridized carbons (Fsp3) is 0.400. The van der Waals surface area contributed by atoms with E-state index in [-0.39, 0.29) is 5.75 Å². The normalized spacial score (nSPS) is 11.6. The third-order valence-corrected chi connectivity index (χ3v) is 1.99. The molecule has 0 heterocycles. The van der Waals surface area contributed by atoms with Gasteiger partial charge in [-0.05, 0) is 43.5 Å². The molecule has 0 amide bonds. The summed E-state index contributed by atoms with van der Waals surface area (Å²) >= 11 is 0. The van der Waals surface area contributed by atoms with Crippen molar-refractivity contribution < 1.29 is 17.9 Å². The summed E-state index contributed by atoms with van der Waals surface area (Å²) in [4.78, 5) is 0. The second kappa shape index (κ2) is 3.52. The minimum Gasteiger partial charge on any atom is -0.405 e. The predicted octanol–water partition coefficient (Wildman–Crippen LogP) is 3.51. The zero-order valence-corrected chi connectivity index (χ0v) is 8.20. The van der Waals surface area contributed by atoms with E-state index in [1.54, 1.807) is 20.8 Å². The highest BCUT2D eigenvalue weighted by atomic mass is 19.4. The molecule has 0 aliphatic rings. The molecule has 1 rings (SSSR count). The molecular weight excluding hydrogens is 193 g/mol. The summed E-state index contributed by atoms with van der Waals surface area (Å²) in [6, 6.07) is 3.20. The summed E-state index contributed by atoms with van der Waals surface area (Å²) < 4.78 is 39.8. The third kappa shape index (κ3) is 2.65. The van der Waals surface area contributed by atoms with Crippen molar-refractivity contribution in [1.29, 1.82) is 0 Å². The first kappa shape index (κ1) is 10.9. The fourth-order valence-corrected chi connectivity index (χ4v) is 1.23. The maximum Gasteiger partial charge on any atom is 0.573 e. The summed E-state index contributed by atoms with van der Waals surface area (Å²) in [5.74, 6) is -0.116. The van der Waals surface area contributed by atoms with E-state index in [0.717, 1.165) is 11.1 Å². The van der Waals surface area contributed by atoms with Crippen LogP contribution in [0, 0.1) is 20.8 Å². The van der Waals surface area contributed by atoms with E-state index in [0.29, 0.717) is 5.56 Å². The van der Waals surface area contributed by atoms with Gasteiger partial charge in [0.05, 0.1) is 0 Å². The maximum atomic E-state index is 12.0. The van der Waals surface area contributed by atoms with Crippen LogP contribution >= 0.6 is 0 Å². The smallest absolute Gasteiger partial charge is 0.405 e. The molecule has 78 valence electrons. The van der Waals surface area contributed by atoms with Crippen LogP contribution in [0.15, 0.2) is 12.1 Å². The Labute approximate surface area is 80.5 Å². The molecule has 0 N–H and O–H groups in total. The minimum atomic E-state index is -4.62. The van der Waals surface area contributed by atoms with Gasteiger partial charge in [-0.25, -0.2) is 0 Å². The molecule has 0 bridgehead atoms. The number of hydrogen-bond donors (Lipinski definition) is 0. The van der Waals surface area contributed by atoms with Crippen molar-refractivity contribution in [2.45, 2.75) is 27.1 Å². The first-order valence-corrected chi connectivity index (χ1v) is 4.13. The van der Waals surface area contributed by atoms with Gasteiger partial charge in [0.25, 0.3) is 0 Å². The highest BCUT2D eigenvalue weighted by Crippen LogP contribution is 2.28. The van der Waals surface area contributed by atoms with Gasteiger partial charge >= 0.3 is 6.36 Å². The van der Waals surface area contributed by atoms with Crippen molar-refractivity contribution in [3.05, 3.63) is 28.8 Å². The van der Waals surface area contributed by atoms with Crippen molar-refractivity contribution in [3.8, 4) is 5.75 Å². The number of ether oxygens (including phenoxy) is 1. The van der Waals surface area contributed by atoms with Crippen molar-refractivity contribution in [1.82, 2.24) is 0 Å². The Morgan fingerprint density at radius 2 is 1.64 bits per heavy atom. The Balaban J connectivity index is 3.09. The van der Waals surface area contributed by atoms with E-state index < -0.39 is 6.36 Å². The zero-order chi connectivity index (χ0) is 10.9. The van der Waals surface area contributed by atoms with E-state index in [9.17, 15) is 13.2 Å². The van der Waals surface area contributed by atoms with Gasteiger partial charge in [0.1, 0.15) is 5.75 Å². The second-order valence-corrected chi connectivity index (χ2v) is 3.25. The number of alkyl halides is 3.